The van der Waals surface area contributed by atoms with Crippen LogP contribution >= 0.6 is 0 Å². The highest BCUT2D eigenvalue weighted by molar-refractivity contribution is 5.98. The first kappa shape index (κ1) is 40.6. The maximum absolute atomic E-state index is 13.1. The van der Waals surface area contributed by atoms with Gasteiger partial charge in [-0.2, -0.15) is 0 Å². The van der Waals surface area contributed by atoms with Crippen LogP contribution in [0.1, 0.15) is 119 Å². The normalized spacial score (nSPS) is 33.1. The Labute approximate surface area is 287 Å². The Bertz CT molecular complexity index is 1200. The SMILES string of the molecule is CC[C@H](C)C[C@H](C)CCC(=O)O[C@@H]1[C@@H](O)[C@]2(CCC(C)[C@@H](OC(C)=O)[C@H](C)CC3CCCCC3)O[C@H](C(=O)O)[C@@](O)(C(=O)O)[C@@]1(C(=O)O)O2. The Morgan fingerprint density at radius 3 is 2.06 bits per heavy atom. The van der Waals surface area contributed by atoms with Gasteiger partial charge in [-0.1, -0.05) is 73.1 Å². The monoisotopic (exact) mass is 700 g/mol. The molecule has 1 saturated carbocycles. The van der Waals surface area contributed by atoms with Crippen molar-refractivity contribution in [3.63, 3.8) is 0 Å². The van der Waals surface area contributed by atoms with Gasteiger partial charge in [0.05, 0.1) is 0 Å². The summed E-state index contributed by atoms with van der Waals surface area (Å²) in [5.74, 6) is -10.2. The van der Waals surface area contributed by atoms with Crippen LogP contribution in [0.3, 0.4) is 0 Å². The summed E-state index contributed by atoms with van der Waals surface area (Å²) in [6.07, 6.45) is -0.120. The van der Waals surface area contributed by atoms with Crippen LogP contribution in [0.2, 0.25) is 0 Å². The minimum Gasteiger partial charge on any atom is -0.479 e. The summed E-state index contributed by atoms with van der Waals surface area (Å²) in [4.78, 5) is 63.3. The number of carbonyl (C=O) groups is 5. The molecule has 0 aromatic rings. The van der Waals surface area contributed by atoms with E-state index in [9.17, 15) is 49.5 Å². The van der Waals surface area contributed by atoms with Crippen molar-refractivity contribution in [3.8, 4) is 0 Å². The molecule has 3 fully saturated rings. The fourth-order valence-electron chi connectivity index (χ4n) is 8.14. The molecule has 280 valence electrons. The van der Waals surface area contributed by atoms with Crippen molar-refractivity contribution >= 4 is 29.8 Å². The van der Waals surface area contributed by atoms with Gasteiger partial charge in [0.2, 0.25) is 23.1 Å². The molecule has 1 unspecified atom stereocenters. The van der Waals surface area contributed by atoms with E-state index in [4.69, 9.17) is 18.9 Å². The predicted molar refractivity (Wildman–Crippen MR) is 172 cm³/mol. The minimum absolute atomic E-state index is 0.0192. The van der Waals surface area contributed by atoms with E-state index in [0.29, 0.717) is 18.3 Å². The molecule has 0 radical (unpaired) electrons. The number of aliphatic carboxylic acids is 3. The Hall–Kier alpha value is -2.81. The van der Waals surface area contributed by atoms with Gasteiger partial charge in [0.1, 0.15) is 12.2 Å². The molecule has 14 nitrogen and oxygen atoms in total. The zero-order valence-corrected chi connectivity index (χ0v) is 29.6. The zero-order valence-electron chi connectivity index (χ0n) is 29.6. The van der Waals surface area contributed by atoms with Crippen molar-refractivity contribution in [1.29, 1.82) is 0 Å². The largest absolute Gasteiger partial charge is 0.479 e. The van der Waals surface area contributed by atoms with Gasteiger partial charge >= 0.3 is 29.8 Å². The number of hydrogen-bond donors (Lipinski definition) is 5. The summed E-state index contributed by atoms with van der Waals surface area (Å²) < 4.78 is 22.5. The number of esters is 2. The van der Waals surface area contributed by atoms with Crippen molar-refractivity contribution in [2.45, 2.75) is 160 Å². The number of carboxylic acids is 3. The molecule has 49 heavy (non-hydrogen) atoms. The average Bonchev–Trinajstić information content (AvgIpc) is 3.25. The van der Waals surface area contributed by atoms with Gasteiger partial charge in [-0.05, 0) is 55.3 Å². The van der Waals surface area contributed by atoms with Gasteiger partial charge in [-0.15, -0.1) is 0 Å². The number of carbonyl (C=O) groups excluding carboxylic acids is 2. The van der Waals surface area contributed by atoms with Crippen molar-refractivity contribution in [3.05, 3.63) is 0 Å². The van der Waals surface area contributed by atoms with Crippen LogP contribution in [-0.2, 0) is 42.9 Å². The van der Waals surface area contributed by atoms with Gasteiger partial charge in [0, 0.05) is 19.8 Å². The van der Waals surface area contributed by atoms with E-state index in [1.807, 2.05) is 20.8 Å². The van der Waals surface area contributed by atoms with Crippen LogP contribution in [0, 0.1) is 29.6 Å². The molecular formula is C35H56O14. The van der Waals surface area contributed by atoms with E-state index in [1.165, 1.54) is 13.3 Å². The second-order valence-corrected chi connectivity index (χ2v) is 14.9. The smallest absolute Gasteiger partial charge is 0.344 e. The van der Waals surface area contributed by atoms with Crippen LogP contribution < -0.4 is 0 Å². The van der Waals surface area contributed by atoms with Crippen LogP contribution in [0.15, 0.2) is 0 Å². The molecule has 0 amide bonds. The topological polar surface area (TPSA) is 223 Å². The van der Waals surface area contributed by atoms with Gasteiger partial charge in [-0.3, -0.25) is 9.59 Å². The highest BCUT2D eigenvalue weighted by atomic mass is 16.8. The van der Waals surface area contributed by atoms with E-state index in [1.54, 1.807) is 6.92 Å². The van der Waals surface area contributed by atoms with Gasteiger partial charge < -0.3 is 44.5 Å². The van der Waals surface area contributed by atoms with Crippen LogP contribution in [0.25, 0.3) is 0 Å². The Morgan fingerprint density at radius 2 is 1.53 bits per heavy atom. The summed E-state index contributed by atoms with van der Waals surface area (Å²) in [5.41, 5.74) is -7.30. The minimum atomic E-state index is -3.83. The van der Waals surface area contributed by atoms with Crippen molar-refractivity contribution in [2.75, 3.05) is 0 Å². The summed E-state index contributed by atoms with van der Waals surface area (Å²) in [6.45, 7) is 11.1. The maximum Gasteiger partial charge on any atom is 0.344 e. The molecule has 3 aliphatic rings. The fraction of sp³-hybridized carbons (Fsp3) is 0.857. The third-order valence-corrected chi connectivity index (χ3v) is 11.0. The van der Waals surface area contributed by atoms with Crippen LogP contribution in [0.4, 0.5) is 0 Å². The average molecular weight is 701 g/mol. The quantitative estimate of drug-likeness (QED) is 0.128. The van der Waals surface area contributed by atoms with Gasteiger partial charge in [0.15, 0.2) is 6.10 Å². The van der Waals surface area contributed by atoms with E-state index in [-0.39, 0.29) is 24.7 Å². The van der Waals surface area contributed by atoms with E-state index >= 15 is 0 Å². The lowest BCUT2D eigenvalue weighted by Gasteiger charge is -2.48. The molecular weight excluding hydrogens is 644 g/mol. The standard InChI is InChI=1S/C35H56O14/c1-7-19(2)17-20(3)13-14-25(37)47-28-27(38)33(48-29(30(39)40)34(45,31(41)42)35(28,49-33)32(43)44)16-15-21(4)26(46-23(6)36)22(5)18-24-11-9-8-10-12-24/h19-22,24,26-29,38,45H,7-18H2,1-6H3,(H,39,40)(H,41,42)(H,43,44)/t19-,20+,21?,22+,26+,27+,28+,29+,33+,34+,35+/m0/s1. The van der Waals surface area contributed by atoms with E-state index in [0.717, 1.165) is 44.9 Å². The molecule has 0 aromatic heterocycles. The third-order valence-electron chi connectivity index (χ3n) is 11.0. The number of rotatable bonds is 18. The summed E-state index contributed by atoms with van der Waals surface area (Å²) in [7, 11) is 0. The molecule has 0 aromatic carbocycles. The van der Waals surface area contributed by atoms with Gasteiger partial charge in [0.25, 0.3) is 0 Å². The highest BCUT2D eigenvalue weighted by Gasteiger charge is 2.85. The molecule has 3 rings (SSSR count). The predicted octanol–water partition coefficient (Wildman–Crippen LogP) is 3.92. The maximum atomic E-state index is 13.1. The van der Waals surface area contributed by atoms with Crippen LogP contribution in [0.5, 0.6) is 0 Å². The summed E-state index contributed by atoms with van der Waals surface area (Å²) >= 11 is 0. The van der Waals surface area contributed by atoms with Crippen molar-refractivity contribution in [1.82, 2.24) is 0 Å². The lowest BCUT2D eigenvalue weighted by molar-refractivity contribution is -0.374. The molecule has 14 heteroatoms. The Balaban J connectivity index is 1.95. The molecule has 2 heterocycles. The second kappa shape index (κ2) is 16.5. The molecule has 2 aliphatic heterocycles. The number of carboxylic acid groups (broad SMARTS) is 3. The molecule has 5 N–H and O–H groups in total. The summed E-state index contributed by atoms with van der Waals surface area (Å²) in [6, 6.07) is 0. The van der Waals surface area contributed by atoms with E-state index in [2.05, 4.69) is 6.92 Å². The Morgan fingerprint density at radius 1 is 0.898 bits per heavy atom. The number of aliphatic hydroxyl groups excluding tert-OH is 1. The first-order valence-corrected chi connectivity index (χ1v) is 17.7. The van der Waals surface area contributed by atoms with Crippen LogP contribution in [-0.4, -0.2) is 96.8 Å². The number of hydrogen-bond acceptors (Lipinski definition) is 11. The molecule has 11 atom stereocenters. The Kier molecular flexibility index (Phi) is 13.7. The lowest BCUT2D eigenvalue weighted by Crippen LogP contribution is -2.78. The van der Waals surface area contributed by atoms with Crippen molar-refractivity contribution < 1.29 is 68.5 Å². The van der Waals surface area contributed by atoms with Crippen molar-refractivity contribution in [2.24, 2.45) is 29.6 Å². The molecule has 0 spiro atoms. The summed E-state index contributed by atoms with van der Waals surface area (Å²) in [5, 5.41) is 53.8. The molecule has 2 saturated heterocycles. The zero-order chi connectivity index (χ0) is 36.9. The molecule has 1 aliphatic carbocycles. The first-order chi connectivity index (χ1) is 22.9. The first-order valence-electron chi connectivity index (χ1n) is 17.7. The number of fused-ring (bicyclic) bond motifs is 2. The number of ether oxygens (including phenoxy) is 4. The lowest BCUT2D eigenvalue weighted by atomic mass is 9.74. The third kappa shape index (κ3) is 8.40. The fourth-order valence-corrected chi connectivity index (χ4v) is 8.14. The highest BCUT2D eigenvalue weighted by Crippen LogP contribution is 2.56. The second-order valence-electron chi connectivity index (χ2n) is 14.9. The molecule has 2 bridgehead atoms. The van der Waals surface area contributed by atoms with Gasteiger partial charge in [-0.25, -0.2) is 14.4 Å². The number of aliphatic hydroxyl groups is 2. The van der Waals surface area contributed by atoms with E-state index < -0.39 is 83.6 Å².